The van der Waals surface area contributed by atoms with Crippen LogP contribution in [0.2, 0.25) is 0 Å². The fourth-order valence-electron chi connectivity index (χ4n) is 4.09. The molecule has 0 unspecified atom stereocenters. The van der Waals surface area contributed by atoms with Gasteiger partial charge in [-0.25, -0.2) is 4.98 Å². The molecule has 1 aromatic heterocycles. The Hall–Kier alpha value is -4.02. The van der Waals surface area contributed by atoms with Gasteiger partial charge >= 0.3 is 0 Å². The van der Waals surface area contributed by atoms with Crippen LogP contribution in [-0.2, 0) is 6.42 Å². The molecule has 0 atom stereocenters. The molecule has 5 aromatic rings. The van der Waals surface area contributed by atoms with E-state index >= 15 is 0 Å². The lowest BCUT2D eigenvalue weighted by molar-refractivity contribution is 0.102. The number of amides is 1. The Balaban J connectivity index is 1.35. The molecule has 0 spiro atoms. The molecule has 35 heavy (non-hydrogen) atoms. The molecule has 1 N–H and O–H groups in total. The Bertz CT molecular complexity index is 1410. The molecule has 0 radical (unpaired) electrons. The fourth-order valence-corrected chi connectivity index (χ4v) is 5.17. The number of nitrogens with one attached hydrogen (secondary N) is 1. The van der Waals surface area contributed by atoms with E-state index < -0.39 is 0 Å². The van der Waals surface area contributed by atoms with Gasteiger partial charge < -0.3 is 0 Å². The summed E-state index contributed by atoms with van der Waals surface area (Å²) in [6.45, 7) is 2.16. The van der Waals surface area contributed by atoms with Gasteiger partial charge in [0, 0.05) is 16.0 Å². The van der Waals surface area contributed by atoms with Crippen molar-refractivity contribution in [3.63, 3.8) is 0 Å². The Morgan fingerprint density at radius 1 is 0.686 bits per heavy atom. The zero-order chi connectivity index (χ0) is 24.0. The predicted molar refractivity (Wildman–Crippen MR) is 147 cm³/mol. The zero-order valence-electron chi connectivity index (χ0n) is 19.6. The van der Waals surface area contributed by atoms with E-state index in [1.807, 2.05) is 60.7 Å². The Kier molecular flexibility index (Phi) is 6.82. The molecule has 0 saturated carbocycles. The maximum Gasteiger partial charge on any atom is 0.257 e. The van der Waals surface area contributed by atoms with E-state index in [0.717, 1.165) is 35.2 Å². The third kappa shape index (κ3) is 5.23. The fraction of sp³-hybridized carbons (Fsp3) is 0.0968. The monoisotopic (exact) mass is 474 g/mol. The van der Waals surface area contributed by atoms with E-state index in [9.17, 15) is 4.79 Å². The highest BCUT2D eigenvalue weighted by atomic mass is 32.1. The summed E-state index contributed by atoms with van der Waals surface area (Å²) in [5, 5.41) is 3.64. The molecule has 0 bridgehead atoms. The molecule has 0 saturated heterocycles. The lowest BCUT2D eigenvalue weighted by Gasteiger charge is -2.05. The van der Waals surface area contributed by atoms with Crippen LogP contribution in [0.4, 0.5) is 5.13 Å². The van der Waals surface area contributed by atoms with Gasteiger partial charge in [0.1, 0.15) is 0 Å². The smallest absolute Gasteiger partial charge is 0.257 e. The van der Waals surface area contributed by atoms with Crippen LogP contribution in [0.25, 0.3) is 33.5 Å². The summed E-state index contributed by atoms with van der Waals surface area (Å²) in [6, 6.07) is 36.7. The minimum Gasteiger partial charge on any atom is -0.298 e. The number of hydrogen-bond donors (Lipinski definition) is 1. The molecule has 0 aliphatic rings. The van der Waals surface area contributed by atoms with Gasteiger partial charge in [0.05, 0.1) is 5.69 Å². The molecule has 1 heterocycles. The van der Waals surface area contributed by atoms with E-state index in [-0.39, 0.29) is 5.91 Å². The maximum absolute atomic E-state index is 12.9. The molecule has 4 heteroatoms. The Labute approximate surface area is 210 Å². The number of aryl methyl sites for hydroxylation is 1. The summed E-state index contributed by atoms with van der Waals surface area (Å²) in [5.74, 6) is -0.146. The first-order chi connectivity index (χ1) is 17.2. The molecular weight excluding hydrogens is 448 g/mol. The van der Waals surface area contributed by atoms with Crippen LogP contribution in [-0.4, -0.2) is 10.9 Å². The zero-order valence-corrected chi connectivity index (χ0v) is 20.4. The van der Waals surface area contributed by atoms with E-state index in [0.29, 0.717) is 10.7 Å². The second kappa shape index (κ2) is 10.5. The van der Waals surface area contributed by atoms with Crippen LogP contribution >= 0.6 is 11.3 Å². The lowest BCUT2D eigenvalue weighted by atomic mass is 10.0. The minimum atomic E-state index is -0.146. The summed E-state index contributed by atoms with van der Waals surface area (Å²) in [4.78, 5) is 18.9. The first kappa shape index (κ1) is 22.8. The number of hydrogen-bond acceptors (Lipinski definition) is 3. The van der Waals surface area contributed by atoms with Crippen LogP contribution in [0.15, 0.2) is 109 Å². The average molecular weight is 475 g/mol. The summed E-state index contributed by atoms with van der Waals surface area (Å²) < 4.78 is 0. The van der Waals surface area contributed by atoms with E-state index in [1.165, 1.54) is 16.0 Å². The van der Waals surface area contributed by atoms with E-state index in [4.69, 9.17) is 4.98 Å². The van der Waals surface area contributed by atoms with Crippen LogP contribution in [0, 0.1) is 0 Å². The summed E-state index contributed by atoms with van der Waals surface area (Å²) in [7, 11) is 0. The van der Waals surface area contributed by atoms with Crippen molar-refractivity contribution in [2.45, 2.75) is 19.8 Å². The quantitative estimate of drug-likeness (QED) is 0.257. The van der Waals surface area contributed by atoms with Crippen LogP contribution in [0.3, 0.4) is 0 Å². The number of nitrogens with zero attached hydrogens (tertiary/aromatic N) is 1. The van der Waals surface area contributed by atoms with E-state index in [2.05, 4.69) is 60.8 Å². The second-order valence-corrected chi connectivity index (χ2v) is 9.47. The predicted octanol–water partition coefficient (Wildman–Crippen LogP) is 8.35. The molecule has 3 nitrogen and oxygen atoms in total. The topological polar surface area (TPSA) is 42.0 Å². The molecule has 0 aliphatic heterocycles. The largest absolute Gasteiger partial charge is 0.298 e. The van der Waals surface area contributed by atoms with Crippen molar-refractivity contribution in [1.82, 2.24) is 4.98 Å². The number of benzene rings is 4. The Morgan fingerprint density at radius 3 is 1.71 bits per heavy atom. The van der Waals surface area contributed by atoms with Crippen molar-refractivity contribution in [1.29, 1.82) is 0 Å². The SMILES string of the molecule is CCCc1sc(NC(=O)c2ccc(-c3ccccc3)cc2)nc1-c1ccc(-c2ccccc2)cc1. The van der Waals surface area contributed by atoms with Gasteiger partial charge in [0.25, 0.3) is 5.91 Å². The highest BCUT2D eigenvalue weighted by Gasteiger charge is 2.15. The summed E-state index contributed by atoms with van der Waals surface area (Å²) >= 11 is 1.56. The molecule has 0 fully saturated rings. The maximum atomic E-state index is 12.9. The highest BCUT2D eigenvalue weighted by Crippen LogP contribution is 2.33. The van der Waals surface area contributed by atoms with Gasteiger partial charge in [0.2, 0.25) is 0 Å². The third-order valence-electron chi connectivity index (χ3n) is 5.91. The second-order valence-electron chi connectivity index (χ2n) is 8.38. The number of carbonyl (C=O) groups excluding carboxylic acids is 1. The highest BCUT2D eigenvalue weighted by molar-refractivity contribution is 7.16. The standard InChI is InChI=1S/C31H26N2OS/c1-2-9-28-29(26-18-14-24(15-19-26)22-10-5-3-6-11-22)32-31(35-28)33-30(34)27-20-16-25(17-21-27)23-12-7-4-8-13-23/h3-8,10-21H,2,9H2,1H3,(H,32,33,34). The van der Waals surface area contributed by atoms with Gasteiger partial charge in [0.15, 0.2) is 5.13 Å². The molecule has 4 aromatic carbocycles. The van der Waals surface area contributed by atoms with Gasteiger partial charge in [-0.1, -0.05) is 110 Å². The van der Waals surface area contributed by atoms with Gasteiger partial charge in [-0.05, 0) is 40.8 Å². The first-order valence-corrected chi connectivity index (χ1v) is 12.7. The number of thiazole rings is 1. The van der Waals surface area contributed by atoms with Crippen LogP contribution in [0.1, 0.15) is 28.6 Å². The number of carbonyl (C=O) groups is 1. The van der Waals surface area contributed by atoms with Crippen molar-refractivity contribution in [2.75, 3.05) is 5.32 Å². The molecule has 5 rings (SSSR count). The molecular formula is C31H26N2OS. The Morgan fingerprint density at radius 2 is 1.17 bits per heavy atom. The summed E-state index contributed by atoms with van der Waals surface area (Å²) in [6.07, 6.45) is 1.95. The normalized spacial score (nSPS) is 10.8. The van der Waals surface area contributed by atoms with Gasteiger partial charge in [-0.15, -0.1) is 11.3 Å². The number of rotatable bonds is 7. The van der Waals surface area contributed by atoms with Gasteiger partial charge in [-0.3, -0.25) is 10.1 Å². The van der Waals surface area contributed by atoms with Crippen LogP contribution < -0.4 is 5.32 Å². The van der Waals surface area contributed by atoms with Crippen molar-refractivity contribution in [3.05, 3.63) is 120 Å². The van der Waals surface area contributed by atoms with Crippen LogP contribution in [0.5, 0.6) is 0 Å². The van der Waals surface area contributed by atoms with Crippen molar-refractivity contribution < 1.29 is 4.79 Å². The summed E-state index contributed by atoms with van der Waals surface area (Å²) in [5.41, 5.74) is 7.22. The van der Waals surface area contributed by atoms with Gasteiger partial charge in [-0.2, -0.15) is 0 Å². The molecule has 0 aliphatic carbocycles. The number of anilines is 1. The molecule has 1 amide bonds. The third-order valence-corrected chi connectivity index (χ3v) is 6.95. The minimum absolute atomic E-state index is 0.146. The average Bonchev–Trinajstić information content (AvgIpc) is 3.32. The number of aromatic nitrogens is 1. The van der Waals surface area contributed by atoms with Crippen molar-refractivity contribution in [2.24, 2.45) is 0 Å². The first-order valence-electron chi connectivity index (χ1n) is 11.8. The van der Waals surface area contributed by atoms with E-state index in [1.54, 1.807) is 11.3 Å². The van der Waals surface area contributed by atoms with Crippen molar-refractivity contribution in [3.8, 4) is 33.5 Å². The van der Waals surface area contributed by atoms with Crippen molar-refractivity contribution >= 4 is 22.4 Å². The molecule has 172 valence electrons. The lowest BCUT2D eigenvalue weighted by Crippen LogP contribution is -2.11.